The number of rotatable bonds is 4. The molecule has 0 radical (unpaired) electrons. The molecule has 6 heteroatoms. The van der Waals surface area contributed by atoms with E-state index in [0.29, 0.717) is 27.9 Å². The molecule has 1 aliphatic rings. The van der Waals surface area contributed by atoms with Crippen LogP contribution in [0.25, 0.3) is 10.9 Å². The number of benzene rings is 1. The Hall–Kier alpha value is -1.82. The molecule has 0 aliphatic heterocycles. The zero-order chi connectivity index (χ0) is 19.7. The molecule has 1 amide bonds. The SMILES string of the molecule is C[C@H]1[C@H](n2c(S[C@@H](C)C(=O)N(C)C)nc3ccccc3c2=O)CCC[C@@H]1C. The smallest absolute Gasteiger partial charge is 0.262 e. The van der Waals surface area contributed by atoms with Crippen LogP contribution in [0.3, 0.4) is 0 Å². The van der Waals surface area contributed by atoms with Crippen LogP contribution in [0, 0.1) is 11.8 Å². The highest BCUT2D eigenvalue weighted by Crippen LogP contribution is 2.39. The van der Waals surface area contributed by atoms with Crippen molar-refractivity contribution in [2.45, 2.75) is 56.5 Å². The van der Waals surface area contributed by atoms with E-state index in [-0.39, 0.29) is 22.8 Å². The van der Waals surface area contributed by atoms with Crippen LogP contribution in [-0.4, -0.2) is 39.7 Å². The fourth-order valence-electron chi connectivity index (χ4n) is 3.99. The molecule has 4 atom stereocenters. The molecule has 1 aromatic carbocycles. The second kappa shape index (κ2) is 8.05. The van der Waals surface area contributed by atoms with E-state index < -0.39 is 0 Å². The van der Waals surface area contributed by atoms with Gasteiger partial charge in [0, 0.05) is 20.1 Å². The molecule has 1 aromatic heterocycles. The number of aromatic nitrogens is 2. The molecule has 0 unspecified atom stereocenters. The summed E-state index contributed by atoms with van der Waals surface area (Å²) in [5.41, 5.74) is 0.709. The fraction of sp³-hybridized carbons (Fsp3) is 0.571. The lowest BCUT2D eigenvalue weighted by Gasteiger charge is -2.36. The zero-order valence-electron chi connectivity index (χ0n) is 16.8. The first kappa shape index (κ1) is 19.9. The van der Waals surface area contributed by atoms with Gasteiger partial charge in [0.05, 0.1) is 16.2 Å². The Bertz CT molecular complexity index is 893. The number of hydrogen-bond donors (Lipinski definition) is 0. The maximum Gasteiger partial charge on any atom is 0.262 e. The predicted molar refractivity (Wildman–Crippen MR) is 111 cm³/mol. The van der Waals surface area contributed by atoms with Crippen molar-refractivity contribution in [2.24, 2.45) is 11.8 Å². The van der Waals surface area contributed by atoms with Gasteiger partial charge in [-0.05, 0) is 37.3 Å². The lowest BCUT2D eigenvalue weighted by atomic mass is 9.78. The Balaban J connectivity index is 2.13. The average molecular weight is 388 g/mol. The first-order chi connectivity index (χ1) is 12.8. The van der Waals surface area contributed by atoms with Crippen LogP contribution >= 0.6 is 11.8 Å². The molecule has 1 fully saturated rings. The number of hydrogen-bond acceptors (Lipinski definition) is 4. The number of fused-ring (bicyclic) bond motifs is 1. The van der Waals surface area contributed by atoms with Gasteiger partial charge in [-0.1, -0.05) is 50.6 Å². The highest BCUT2D eigenvalue weighted by molar-refractivity contribution is 8.00. The van der Waals surface area contributed by atoms with Crippen molar-refractivity contribution in [2.75, 3.05) is 14.1 Å². The summed E-state index contributed by atoms with van der Waals surface area (Å²) in [6, 6.07) is 7.63. The van der Waals surface area contributed by atoms with Gasteiger partial charge in [-0.25, -0.2) is 4.98 Å². The van der Waals surface area contributed by atoms with Crippen molar-refractivity contribution < 1.29 is 4.79 Å². The first-order valence-electron chi connectivity index (χ1n) is 9.70. The molecule has 5 nitrogen and oxygen atoms in total. The Morgan fingerprint density at radius 3 is 2.67 bits per heavy atom. The molecular formula is C21H29N3O2S. The summed E-state index contributed by atoms with van der Waals surface area (Å²) in [6.45, 7) is 6.38. The van der Waals surface area contributed by atoms with E-state index >= 15 is 0 Å². The minimum absolute atomic E-state index is 0.0125. The van der Waals surface area contributed by atoms with Crippen molar-refractivity contribution in [1.82, 2.24) is 14.5 Å². The van der Waals surface area contributed by atoms with Crippen molar-refractivity contribution in [3.05, 3.63) is 34.6 Å². The summed E-state index contributed by atoms with van der Waals surface area (Å²) in [6.07, 6.45) is 3.30. The molecule has 146 valence electrons. The van der Waals surface area contributed by atoms with Gasteiger partial charge in [-0.15, -0.1) is 0 Å². The van der Waals surface area contributed by atoms with Crippen molar-refractivity contribution in [3.8, 4) is 0 Å². The minimum atomic E-state index is -0.296. The Morgan fingerprint density at radius 1 is 1.26 bits per heavy atom. The summed E-state index contributed by atoms with van der Waals surface area (Å²) in [7, 11) is 3.51. The van der Waals surface area contributed by atoms with Gasteiger partial charge in [-0.2, -0.15) is 0 Å². The molecule has 0 saturated heterocycles. The monoisotopic (exact) mass is 387 g/mol. The molecule has 2 aromatic rings. The second-order valence-electron chi connectivity index (χ2n) is 7.91. The lowest BCUT2D eigenvalue weighted by molar-refractivity contribution is -0.127. The molecule has 0 bridgehead atoms. The summed E-state index contributed by atoms with van der Waals surface area (Å²) in [5, 5.41) is 1.02. The second-order valence-corrected chi connectivity index (χ2v) is 9.22. The number of thioether (sulfide) groups is 1. The summed E-state index contributed by atoms with van der Waals surface area (Å²) >= 11 is 1.39. The van der Waals surface area contributed by atoms with Gasteiger partial charge in [0.1, 0.15) is 0 Å². The summed E-state index contributed by atoms with van der Waals surface area (Å²) in [4.78, 5) is 32.2. The van der Waals surface area contributed by atoms with E-state index in [2.05, 4.69) is 13.8 Å². The number of carbonyl (C=O) groups is 1. The highest BCUT2D eigenvalue weighted by Gasteiger charge is 2.32. The third-order valence-corrected chi connectivity index (χ3v) is 6.90. The molecule has 0 spiro atoms. The maximum absolute atomic E-state index is 13.4. The third kappa shape index (κ3) is 3.91. The predicted octanol–water partition coefficient (Wildman–Crippen LogP) is 3.96. The van der Waals surface area contributed by atoms with Crippen LogP contribution in [0.1, 0.15) is 46.1 Å². The van der Waals surface area contributed by atoms with E-state index in [1.54, 1.807) is 19.0 Å². The van der Waals surface area contributed by atoms with Crippen LogP contribution in [0.15, 0.2) is 34.2 Å². The largest absolute Gasteiger partial charge is 0.348 e. The van der Waals surface area contributed by atoms with E-state index in [9.17, 15) is 9.59 Å². The van der Waals surface area contributed by atoms with E-state index in [4.69, 9.17) is 4.98 Å². The van der Waals surface area contributed by atoms with E-state index in [1.165, 1.54) is 18.2 Å². The molecular weight excluding hydrogens is 358 g/mol. The summed E-state index contributed by atoms with van der Waals surface area (Å²) in [5.74, 6) is 0.999. The van der Waals surface area contributed by atoms with Crippen LogP contribution in [0.5, 0.6) is 0 Å². The highest BCUT2D eigenvalue weighted by atomic mass is 32.2. The van der Waals surface area contributed by atoms with E-state index in [0.717, 1.165) is 12.8 Å². The van der Waals surface area contributed by atoms with E-state index in [1.807, 2.05) is 35.8 Å². The van der Waals surface area contributed by atoms with Gasteiger partial charge in [0.25, 0.3) is 5.56 Å². The Kier molecular flexibility index (Phi) is 5.94. The first-order valence-corrected chi connectivity index (χ1v) is 10.6. The van der Waals surface area contributed by atoms with Gasteiger partial charge in [-0.3, -0.25) is 14.2 Å². The molecule has 0 N–H and O–H groups in total. The molecule has 1 saturated carbocycles. The van der Waals surface area contributed by atoms with Crippen molar-refractivity contribution in [1.29, 1.82) is 0 Å². The normalized spacial score (nSPS) is 24.0. The van der Waals surface area contributed by atoms with Gasteiger partial charge < -0.3 is 4.90 Å². The minimum Gasteiger partial charge on any atom is -0.348 e. The van der Waals surface area contributed by atoms with Crippen LogP contribution < -0.4 is 5.56 Å². The Morgan fingerprint density at radius 2 is 1.96 bits per heavy atom. The number of carbonyl (C=O) groups excluding carboxylic acids is 1. The zero-order valence-corrected chi connectivity index (χ0v) is 17.6. The lowest BCUT2D eigenvalue weighted by Crippen LogP contribution is -2.36. The third-order valence-electron chi connectivity index (χ3n) is 5.84. The number of para-hydroxylation sites is 1. The summed E-state index contributed by atoms with van der Waals surface area (Å²) < 4.78 is 1.88. The van der Waals surface area contributed by atoms with Crippen molar-refractivity contribution in [3.63, 3.8) is 0 Å². The number of nitrogens with zero attached hydrogens (tertiary/aromatic N) is 3. The van der Waals surface area contributed by atoms with Gasteiger partial charge in [0.2, 0.25) is 5.91 Å². The topological polar surface area (TPSA) is 55.2 Å². The molecule has 3 rings (SSSR count). The standard InChI is InChI=1S/C21H29N3O2S/c1-13-9-8-12-18(14(13)2)24-20(26)16-10-6-7-11-17(16)22-21(24)27-15(3)19(25)23(4)5/h6-7,10-11,13-15,18H,8-9,12H2,1-5H3/t13-,14+,15-,18+/m0/s1. The molecule has 1 heterocycles. The van der Waals surface area contributed by atoms with Crippen molar-refractivity contribution >= 4 is 28.6 Å². The van der Waals surface area contributed by atoms with Gasteiger partial charge in [0.15, 0.2) is 5.16 Å². The van der Waals surface area contributed by atoms with Gasteiger partial charge >= 0.3 is 0 Å². The Labute approximate surface area is 165 Å². The van der Waals surface area contributed by atoms with Crippen LogP contribution in [0.4, 0.5) is 0 Å². The molecule has 27 heavy (non-hydrogen) atoms. The number of amides is 1. The molecule has 1 aliphatic carbocycles. The van der Waals surface area contributed by atoms with Crippen LogP contribution in [-0.2, 0) is 4.79 Å². The van der Waals surface area contributed by atoms with Crippen LogP contribution in [0.2, 0.25) is 0 Å². The fourth-order valence-corrected chi connectivity index (χ4v) is 5.10. The maximum atomic E-state index is 13.4. The average Bonchev–Trinajstić information content (AvgIpc) is 2.64. The quantitative estimate of drug-likeness (QED) is 0.588.